The molecule has 0 saturated carbocycles. The van der Waals surface area contributed by atoms with Crippen LogP contribution in [0.1, 0.15) is 29.6 Å². The molecule has 0 atom stereocenters. The van der Waals surface area contributed by atoms with Crippen molar-refractivity contribution in [3.63, 3.8) is 0 Å². The van der Waals surface area contributed by atoms with Crippen molar-refractivity contribution in [3.05, 3.63) is 71.2 Å². The largest absolute Gasteiger partial charge is 0.252 e. The molecule has 3 rings (SSSR count). The highest BCUT2D eigenvalue weighted by molar-refractivity contribution is 5.98. The highest BCUT2D eigenvalue weighted by Crippen LogP contribution is 2.15. The number of hydrogen-bond donors (Lipinski definition) is 0. The zero-order valence-electron chi connectivity index (χ0n) is 13.9. The fourth-order valence-electron chi connectivity index (χ4n) is 2.47. The van der Waals surface area contributed by atoms with Crippen LogP contribution in [0.5, 0.6) is 0 Å². The lowest BCUT2D eigenvalue weighted by atomic mass is 10.2. The molecule has 0 saturated heterocycles. The van der Waals surface area contributed by atoms with Crippen LogP contribution >= 0.6 is 0 Å². The highest BCUT2D eigenvalue weighted by atomic mass is 15.3. The molecule has 0 unspecified atom stereocenters. The van der Waals surface area contributed by atoms with Crippen molar-refractivity contribution in [1.29, 1.82) is 0 Å². The second-order valence-corrected chi connectivity index (χ2v) is 5.75. The summed E-state index contributed by atoms with van der Waals surface area (Å²) in [6, 6.07) is 16.1. The second kappa shape index (κ2) is 6.16. The van der Waals surface area contributed by atoms with Gasteiger partial charge in [0.1, 0.15) is 0 Å². The maximum absolute atomic E-state index is 4.70. The third kappa shape index (κ3) is 3.37. The van der Waals surface area contributed by atoms with E-state index in [2.05, 4.69) is 29.1 Å². The van der Waals surface area contributed by atoms with Crippen LogP contribution in [0.2, 0.25) is 0 Å². The highest BCUT2D eigenvalue weighted by Gasteiger charge is 2.07. The smallest absolute Gasteiger partial charge is 0.154 e. The Morgan fingerprint density at radius 1 is 1.00 bits per heavy atom. The first-order chi connectivity index (χ1) is 11.0. The number of aromatic nitrogens is 3. The van der Waals surface area contributed by atoms with Crippen LogP contribution < -0.4 is 0 Å². The summed E-state index contributed by atoms with van der Waals surface area (Å²) in [4.78, 5) is 9.36. The summed E-state index contributed by atoms with van der Waals surface area (Å²) in [5.41, 5.74) is 5.96. The molecular formula is C19H20N4. The molecule has 0 aliphatic rings. The summed E-state index contributed by atoms with van der Waals surface area (Å²) < 4.78 is 1.86. The fourth-order valence-corrected chi connectivity index (χ4v) is 2.47. The van der Waals surface area contributed by atoms with Gasteiger partial charge in [-0.25, -0.2) is 9.67 Å². The molecule has 4 nitrogen and oxygen atoms in total. The van der Waals surface area contributed by atoms with Crippen LogP contribution in [0.4, 0.5) is 5.69 Å². The lowest BCUT2D eigenvalue weighted by molar-refractivity contribution is 0.805. The van der Waals surface area contributed by atoms with Crippen molar-refractivity contribution >= 4 is 11.4 Å². The average molecular weight is 304 g/mol. The minimum Gasteiger partial charge on any atom is -0.252 e. The summed E-state index contributed by atoms with van der Waals surface area (Å²) in [6.07, 6.45) is 0. The number of aliphatic imine (C=N–C) groups is 1. The Labute approximate surface area is 136 Å². The van der Waals surface area contributed by atoms with Crippen molar-refractivity contribution < 1.29 is 0 Å². The molecule has 0 fully saturated rings. The molecule has 0 N–H and O–H groups in total. The van der Waals surface area contributed by atoms with Crippen LogP contribution in [0.25, 0.3) is 5.82 Å². The van der Waals surface area contributed by atoms with Crippen LogP contribution in [0, 0.1) is 20.8 Å². The number of aryl methyl sites for hydroxylation is 3. The summed E-state index contributed by atoms with van der Waals surface area (Å²) in [5, 5.41) is 4.49. The molecule has 0 radical (unpaired) electrons. The summed E-state index contributed by atoms with van der Waals surface area (Å²) in [7, 11) is 0. The van der Waals surface area contributed by atoms with Gasteiger partial charge in [0.25, 0.3) is 0 Å². The SMILES string of the molecule is CC(=Nc1ccc(C)cc1)c1cccc(-n2nc(C)cc2C)n1. The topological polar surface area (TPSA) is 43.1 Å². The van der Waals surface area contributed by atoms with Crippen LogP contribution in [-0.2, 0) is 0 Å². The van der Waals surface area contributed by atoms with Gasteiger partial charge in [0.05, 0.1) is 22.8 Å². The van der Waals surface area contributed by atoms with Crippen LogP contribution in [-0.4, -0.2) is 20.5 Å². The number of pyridine rings is 1. The van der Waals surface area contributed by atoms with E-state index in [1.807, 2.05) is 61.9 Å². The number of hydrogen-bond acceptors (Lipinski definition) is 3. The Balaban J connectivity index is 1.96. The molecule has 0 aliphatic heterocycles. The lowest BCUT2D eigenvalue weighted by Crippen LogP contribution is -2.06. The van der Waals surface area contributed by atoms with Gasteiger partial charge in [-0.1, -0.05) is 23.8 Å². The van der Waals surface area contributed by atoms with E-state index in [4.69, 9.17) is 4.98 Å². The first-order valence-corrected chi connectivity index (χ1v) is 7.66. The maximum atomic E-state index is 4.70. The van der Waals surface area contributed by atoms with E-state index in [0.717, 1.165) is 34.3 Å². The van der Waals surface area contributed by atoms with E-state index >= 15 is 0 Å². The zero-order valence-corrected chi connectivity index (χ0v) is 13.9. The zero-order chi connectivity index (χ0) is 16.4. The molecular weight excluding hydrogens is 284 g/mol. The first kappa shape index (κ1) is 15.2. The third-order valence-corrected chi connectivity index (χ3v) is 3.66. The molecule has 4 heteroatoms. The van der Waals surface area contributed by atoms with E-state index in [9.17, 15) is 0 Å². The summed E-state index contributed by atoms with van der Waals surface area (Å²) >= 11 is 0. The van der Waals surface area contributed by atoms with Gasteiger partial charge in [0.2, 0.25) is 0 Å². The standard InChI is InChI=1S/C19H20N4/c1-13-8-10-17(11-9-13)20-16(4)18-6-5-7-19(21-18)23-15(3)12-14(2)22-23/h5-12H,1-4H3. The Kier molecular flexibility index (Phi) is 4.06. The van der Waals surface area contributed by atoms with E-state index in [1.165, 1.54) is 5.56 Å². The predicted octanol–water partition coefficient (Wildman–Crippen LogP) is 4.33. The van der Waals surface area contributed by atoms with Gasteiger partial charge in [-0.05, 0) is 58.0 Å². The normalized spacial score (nSPS) is 11.7. The molecule has 0 amide bonds. The number of nitrogens with zero attached hydrogens (tertiary/aromatic N) is 4. The molecule has 3 aromatic rings. The predicted molar refractivity (Wildman–Crippen MR) is 93.9 cm³/mol. The summed E-state index contributed by atoms with van der Waals surface area (Å²) in [6.45, 7) is 8.06. The third-order valence-electron chi connectivity index (χ3n) is 3.66. The molecule has 2 heterocycles. The lowest BCUT2D eigenvalue weighted by Gasteiger charge is -2.06. The van der Waals surface area contributed by atoms with Gasteiger partial charge in [-0.2, -0.15) is 5.10 Å². The first-order valence-electron chi connectivity index (χ1n) is 7.66. The van der Waals surface area contributed by atoms with Gasteiger partial charge in [0.15, 0.2) is 5.82 Å². The van der Waals surface area contributed by atoms with Crippen molar-refractivity contribution in [1.82, 2.24) is 14.8 Å². The van der Waals surface area contributed by atoms with E-state index in [0.29, 0.717) is 0 Å². The maximum Gasteiger partial charge on any atom is 0.154 e. The van der Waals surface area contributed by atoms with E-state index in [-0.39, 0.29) is 0 Å². The summed E-state index contributed by atoms with van der Waals surface area (Å²) in [5.74, 6) is 0.812. The van der Waals surface area contributed by atoms with Crippen LogP contribution in [0.15, 0.2) is 53.5 Å². The monoisotopic (exact) mass is 304 g/mol. The Morgan fingerprint density at radius 2 is 1.74 bits per heavy atom. The molecule has 0 bridgehead atoms. The van der Waals surface area contributed by atoms with Crippen LogP contribution in [0.3, 0.4) is 0 Å². The van der Waals surface area contributed by atoms with Crippen molar-refractivity contribution in [3.8, 4) is 5.82 Å². The fraction of sp³-hybridized carbons (Fsp3) is 0.211. The van der Waals surface area contributed by atoms with Gasteiger partial charge in [-0.3, -0.25) is 4.99 Å². The van der Waals surface area contributed by atoms with E-state index < -0.39 is 0 Å². The number of rotatable bonds is 3. The number of benzene rings is 1. The Bertz CT molecular complexity index is 857. The van der Waals surface area contributed by atoms with E-state index in [1.54, 1.807) is 0 Å². The Hall–Kier alpha value is -2.75. The molecule has 0 aliphatic carbocycles. The van der Waals surface area contributed by atoms with Gasteiger partial charge < -0.3 is 0 Å². The Morgan fingerprint density at radius 3 is 2.39 bits per heavy atom. The average Bonchev–Trinajstić information content (AvgIpc) is 2.88. The quantitative estimate of drug-likeness (QED) is 0.676. The van der Waals surface area contributed by atoms with Gasteiger partial charge in [0, 0.05) is 5.69 Å². The van der Waals surface area contributed by atoms with Gasteiger partial charge in [-0.15, -0.1) is 0 Å². The minimum atomic E-state index is 0.812. The molecule has 116 valence electrons. The van der Waals surface area contributed by atoms with Crippen molar-refractivity contribution in [2.24, 2.45) is 4.99 Å². The minimum absolute atomic E-state index is 0.812. The molecule has 0 spiro atoms. The van der Waals surface area contributed by atoms with Crippen molar-refractivity contribution in [2.75, 3.05) is 0 Å². The van der Waals surface area contributed by atoms with Crippen molar-refractivity contribution in [2.45, 2.75) is 27.7 Å². The van der Waals surface area contributed by atoms with Gasteiger partial charge >= 0.3 is 0 Å². The molecule has 23 heavy (non-hydrogen) atoms. The molecule has 1 aromatic carbocycles. The molecule has 2 aromatic heterocycles. The second-order valence-electron chi connectivity index (χ2n) is 5.75.